The first-order valence-corrected chi connectivity index (χ1v) is 6.00. The third-order valence-corrected chi connectivity index (χ3v) is 2.90. The predicted octanol–water partition coefficient (Wildman–Crippen LogP) is 2.73. The monoisotopic (exact) mass is 283 g/mol. The number of non-ortho nitro benzene ring substituents is 1. The molecule has 0 atom stereocenters. The Hall–Kier alpha value is -1.43. The van der Waals surface area contributed by atoms with Crippen LogP contribution in [0.25, 0.3) is 10.9 Å². The molecule has 2 rings (SSSR count). The summed E-state index contributed by atoms with van der Waals surface area (Å²) in [6, 6.07) is 4.79. The lowest BCUT2D eigenvalue weighted by Crippen LogP contribution is -2.00. The summed E-state index contributed by atoms with van der Waals surface area (Å²) in [5.74, 6) is 0. The van der Waals surface area contributed by atoms with Gasteiger partial charge < -0.3 is 0 Å². The van der Waals surface area contributed by atoms with E-state index < -0.39 is 0 Å². The first kappa shape index (κ1) is 11.1. The third-order valence-electron chi connectivity index (χ3n) is 2.34. The van der Waals surface area contributed by atoms with Crippen LogP contribution in [0.5, 0.6) is 0 Å². The van der Waals surface area contributed by atoms with Crippen LogP contribution in [-0.2, 0) is 6.54 Å². The Balaban J connectivity index is 2.43. The smallest absolute Gasteiger partial charge is 0.265 e. The van der Waals surface area contributed by atoms with Crippen molar-refractivity contribution in [3.05, 3.63) is 34.5 Å². The van der Waals surface area contributed by atoms with E-state index >= 15 is 0 Å². The zero-order chi connectivity index (χ0) is 11.5. The average molecular weight is 284 g/mol. The lowest BCUT2D eigenvalue weighted by atomic mass is 10.2. The summed E-state index contributed by atoms with van der Waals surface area (Å²) in [5, 5.41) is 16.7. The van der Waals surface area contributed by atoms with E-state index in [9.17, 15) is 10.1 Å². The number of halogens is 1. The van der Waals surface area contributed by atoms with Gasteiger partial charge in [-0.1, -0.05) is 15.9 Å². The normalized spacial score (nSPS) is 10.8. The molecule has 1 aromatic carbocycles. The Morgan fingerprint density at radius 3 is 3.00 bits per heavy atom. The summed E-state index contributed by atoms with van der Waals surface area (Å²) in [6.45, 7) is 0.760. The van der Waals surface area contributed by atoms with Gasteiger partial charge in [-0.05, 0) is 12.5 Å². The van der Waals surface area contributed by atoms with Gasteiger partial charge in [0.25, 0.3) is 5.69 Å². The van der Waals surface area contributed by atoms with Gasteiger partial charge in [0.1, 0.15) is 0 Å². The van der Waals surface area contributed by atoms with Crippen molar-refractivity contribution in [1.82, 2.24) is 9.78 Å². The van der Waals surface area contributed by atoms with Crippen LogP contribution < -0.4 is 0 Å². The van der Waals surface area contributed by atoms with Crippen LogP contribution in [0.4, 0.5) is 5.69 Å². The maximum absolute atomic E-state index is 10.7. The second-order valence-electron chi connectivity index (χ2n) is 3.41. The Morgan fingerprint density at radius 2 is 2.31 bits per heavy atom. The Kier molecular flexibility index (Phi) is 3.19. The second kappa shape index (κ2) is 4.61. The van der Waals surface area contributed by atoms with E-state index in [1.807, 2.05) is 0 Å². The summed E-state index contributed by atoms with van der Waals surface area (Å²) in [5.41, 5.74) is 0.920. The van der Waals surface area contributed by atoms with Gasteiger partial charge >= 0.3 is 0 Å². The lowest BCUT2D eigenvalue weighted by Gasteiger charge is -2.01. The number of rotatable bonds is 4. The van der Waals surface area contributed by atoms with Crippen LogP contribution in [0.1, 0.15) is 6.42 Å². The summed E-state index contributed by atoms with van der Waals surface area (Å²) >= 11 is 3.35. The maximum Gasteiger partial charge on any atom is 0.271 e. The minimum absolute atomic E-state index is 0.105. The molecule has 0 amide bonds. The number of nitro benzene ring substituents is 1. The molecule has 0 aliphatic carbocycles. The predicted molar refractivity (Wildman–Crippen MR) is 64.8 cm³/mol. The molecular formula is C10H10BrN3O2. The van der Waals surface area contributed by atoms with Crippen LogP contribution >= 0.6 is 15.9 Å². The van der Waals surface area contributed by atoms with Gasteiger partial charge in [0.15, 0.2) is 0 Å². The van der Waals surface area contributed by atoms with Crippen molar-refractivity contribution in [1.29, 1.82) is 0 Å². The van der Waals surface area contributed by atoms with E-state index in [1.165, 1.54) is 6.07 Å². The van der Waals surface area contributed by atoms with Crippen LogP contribution in [-0.4, -0.2) is 20.0 Å². The van der Waals surface area contributed by atoms with Crippen molar-refractivity contribution in [3.63, 3.8) is 0 Å². The number of aryl methyl sites for hydroxylation is 1. The molecule has 1 heterocycles. The van der Waals surface area contributed by atoms with E-state index in [2.05, 4.69) is 21.0 Å². The van der Waals surface area contributed by atoms with Crippen molar-refractivity contribution in [2.24, 2.45) is 0 Å². The van der Waals surface area contributed by atoms with E-state index in [1.54, 1.807) is 23.0 Å². The topological polar surface area (TPSA) is 61.0 Å². The molecule has 0 saturated heterocycles. The Labute approximate surface area is 100 Å². The fraction of sp³-hybridized carbons (Fsp3) is 0.300. The van der Waals surface area contributed by atoms with Crippen molar-refractivity contribution in [2.75, 3.05) is 5.33 Å². The SMILES string of the molecule is O=[N+]([O-])c1ccc2cnn(CCCBr)c2c1. The Morgan fingerprint density at radius 1 is 1.50 bits per heavy atom. The summed E-state index contributed by atoms with van der Waals surface area (Å²) < 4.78 is 1.80. The highest BCUT2D eigenvalue weighted by molar-refractivity contribution is 9.09. The van der Waals surface area contributed by atoms with Gasteiger partial charge in [0, 0.05) is 29.4 Å². The van der Waals surface area contributed by atoms with Gasteiger partial charge in [0.2, 0.25) is 0 Å². The minimum atomic E-state index is -0.388. The zero-order valence-corrected chi connectivity index (χ0v) is 10.1. The third kappa shape index (κ3) is 2.06. The highest BCUT2D eigenvalue weighted by atomic mass is 79.9. The molecule has 1 aromatic heterocycles. The summed E-state index contributed by atoms with van der Waals surface area (Å²) in [7, 11) is 0. The van der Waals surface area contributed by atoms with Crippen molar-refractivity contribution < 1.29 is 4.92 Å². The van der Waals surface area contributed by atoms with Crippen LogP contribution in [0.15, 0.2) is 24.4 Å². The molecule has 6 heteroatoms. The molecule has 2 aromatic rings. The largest absolute Gasteiger partial charge is 0.271 e. The van der Waals surface area contributed by atoms with Crippen LogP contribution in [0.2, 0.25) is 0 Å². The van der Waals surface area contributed by atoms with Crippen molar-refractivity contribution in [2.45, 2.75) is 13.0 Å². The molecular weight excluding hydrogens is 274 g/mol. The number of benzene rings is 1. The number of hydrogen-bond donors (Lipinski definition) is 0. The molecule has 0 fully saturated rings. The highest BCUT2D eigenvalue weighted by Gasteiger charge is 2.09. The molecule has 0 unspecified atom stereocenters. The number of aromatic nitrogens is 2. The molecule has 0 aliphatic heterocycles. The zero-order valence-electron chi connectivity index (χ0n) is 8.47. The van der Waals surface area contributed by atoms with Crippen LogP contribution in [0.3, 0.4) is 0 Å². The lowest BCUT2D eigenvalue weighted by molar-refractivity contribution is -0.384. The van der Waals surface area contributed by atoms with Crippen molar-refractivity contribution >= 4 is 32.5 Å². The minimum Gasteiger partial charge on any atom is -0.265 e. The number of hydrogen-bond acceptors (Lipinski definition) is 3. The van der Waals surface area contributed by atoms with Gasteiger partial charge in [-0.15, -0.1) is 0 Å². The number of alkyl halides is 1. The Bertz CT molecular complexity index is 524. The van der Waals surface area contributed by atoms with Crippen LogP contribution in [0, 0.1) is 10.1 Å². The fourth-order valence-corrected chi connectivity index (χ4v) is 1.81. The second-order valence-corrected chi connectivity index (χ2v) is 4.20. The molecule has 0 N–H and O–H groups in total. The molecule has 5 nitrogen and oxygen atoms in total. The molecule has 0 saturated carbocycles. The fourth-order valence-electron chi connectivity index (χ4n) is 1.56. The van der Waals surface area contributed by atoms with E-state index in [0.29, 0.717) is 0 Å². The van der Waals surface area contributed by atoms with E-state index in [4.69, 9.17) is 0 Å². The van der Waals surface area contributed by atoms with Gasteiger partial charge in [0.05, 0.1) is 16.6 Å². The number of nitro groups is 1. The first-order valence-electron chi connectivity index (χ1n) is 4.88. The number of nitrogens with zero attached hydrogens (tertiary/aromatic N) is 3. The van der Waals surface area contributed by atoms with Gasteiger partial charge in [-0.3, -0.25) is 14.8 Å². The van der Waals surface area contributed by atoms with E-state index in [0.717, 1.165) is 29.2 Å². The van der Waals surface area contributed by atoms with E-state index in [-0.39, 0.29) is 10.6 Å². The molecule has 0 bridgehead atoms. The van der Waals surface area contributed by atoms with Crippen molar-refractivity contribution in [3.8, 4) is 0 Å². The standard InChI is InChI=1S/C10H10BrN3O2/c11-4-1-5-13-10-6-9(14(15)16)3-2-8(10)7-12-13/h2-3,6-7H,1,4-5H2. The highest BCUT2D eigenvalue weighted by Crippen LogP contribution is 2.20. The quantitative estimate of drug-likeness (QED) is 0.492. The average Bonchev–Trinajstić information content (AvgIpc) is 2.68. The van der Waals surface area contributed by atoms with Gasteiger partial charge in [-0.2, -0.15) is 5.10 Å². The summed E-state index contributed by atoms with van der Waals surface area (Å²) in [4.78, 5) is 10.3. The maximum atomic E-state index is 10.7. The first-order chi connectivity index (χ1) is 7.72. The molecule has 0 radical (unpaired) electrons. The van der Waals surface area contributed by atoms with Gasteiger partial charge in [-0.25, -0.2) is 0 Å². The molecule has 0 spiro atoms. The number of fused-ring (bicyclic) bond motifs is 1. The molecule has 16 heavy (non-hydrogen) atoms. The molecule has 0 aliphatic rings. The summed E-state index contributed by atoms with van der Waals surface area (Å²) in [6.07, 6.45) is 2.67. The molecule has 84 valence electrons.